The van der Waals surface area contributed by atoms with Gasteiger partial charge in [-0.2, -0.15) is 4.99 Å². The number of nitrogens with zero attached hydrogens (tertiary/aromatic N) is 1. The van der Waals surface area contributed by atoms with Crippen LogP contribution in [0.2, 0.25) is 0 Å². The minimum absolute atomic E-state index is 0.359. The molecule has 0 radical (unpaired) electrons. The number of carbonyl (C=O) groups is 1. The van der Waals surface area contributed by atoms with E-state index in [1.165, 1.54) is 6.08 Å². The molecule has 0 N–H and O–H groups in total. The van der Waals surface area contributed by atoms with Crippen molar-refractivity contribution in [3.63, 3.8) is 0 Å². The predicted molar refractivity (Wildman–Crippen MR) is 45.1 cm³/mol. The molecule has 0 bridgehead atoms. The van der Waals surface area contributed by atoms with Crippen molar-refractivity contribution in [1.82, 2.24) is 0 Å². The van der Waals surface area contributed by atoms with E-state index < -0.39 is 0 Å². The lowest BCUT2D eigenvalue weighted by Gasteiger charge is -1.90. The van der Waals surface area contributed by atoms with Crippen LogP contribution in [0.4, 0.5) is 0 Å². The third kappa shape index (κ3) is 15.8. The van der Waals surface area contributed by atoms with Gasteiger partial charge in [-0.25, -0.2) is 9.59 Å². The number of carbonyl (C=O) groups excluding carboxylic acids is 2. The fourth-order valence-corrected chi connectivity index (χ4v) is 0.238. The van der Waals surface area contributed by atoms with Gasteiger partial charge in [0.2, 0.25) is 6.08 Å². The second kappa shape index (κ2) is 12.0. The molecule has 0 aromatic heterocycles. The fraction of sp³-hybridized carbons (Fsp3) is 0.250. The van der Waals surface area contributed by atoms with Gasteiger partial charge in [0.15, 0.2) is 0 Å². The second-order valence-corrected chi connectivity index (χ2v) is 1.36. The van der Waals surface area contributed by atoms with E-state index >= 15 is 0 Å². The van der Waals surface area contributed by atoms with Crippen LogP contribution in [0, 0.1) is 0 Å². The van der Waals surface area contributed by atoms with E-state index in [0.717, 1.165) is 12.3 Å². The van der Waals surface area contributed by atoms with Gasteiger partial charge in [0.1, 0.15) is 0 Å². The first kappa shape index (κ1) is 13.0. The number of rotatable bonds is 3. The van der Waals surface area contributed by atoms with Gasteiger partial charge in [-0.1, -0.05) is 13.2 Å². The van der Waals surface area contributed by atoms with Gasteiger partial charge >= 0.3 is 5.97 Å². The van der Waals surface area contributed by atoms with Crippen LogP contribution >= 0.6 is 0 Å². The van der Waals surface area contributed by atoms with E-state index in [-0.39, 0.29) is 5.97 Å². The maximum absolute atomic E-state index is 10.1. The van der Waals surface area contributed by atoms with Gasteiger partial charge in [-0.15, -0.1) is 0 Å². The largest absolute Gasteiger partial charge is 0.463 e. The Bertz CT molecular complexity index is 192. The van der Waals surface area contributed by atoms with Gasteiger partial charge < -0.3 is 4.74 Å². The van der Waals surface area contributed by atoms with Crippen LogP contribution in [0.3, 0.4) is 0 Å². The van der Waals surface area contributed by atoms with Gasteiger partial charge in [-0.05, 0) is 6.92 Å². The minimum Gasteiger partial charge on any atom is -0.463 e. The first-order valence-corrected chi connectivity index (χ1v) is 3.20. The molecule has 0 saturated carbocycles. The highest BCUT2D eigenvalue weighted by Gasteiger charge is 1.86. The lowest BCUT2D eigenvalue weighted by molar-refractivity contribution is -0.137. The Balaban J connectivity index is 0. The second-order valence-electron chi connectivity index (χ2n) is 1.36. The molecule has 0 spiro atoms. The Morgan fingerprint density at radius 3 is 2.33 bits per heavy atom. The molecule has 0 atom stereocenters. The van der Waals surface area contributed by atoms with Crippen LogP contribution in [0.15, 0.2) is 30.4 Å². The van der Waals surface area contributed by atoms with Gasteiger partial charge in [-0.3, -0.25) is 0 Å². The fourth-order valence-electron chi connectivity index (χ4n) is 0.238. The maximum atomic E-state index is 10.1. The summed E-state index contributed by atoms with van der Waals surface area (Å²) in [4.78, 5) is 22.0. The quantitative estimate of drug-likeness (QED) is 0.276. The number of esters is 1. The predicted octanol–water partition coefficient (Wildman–Crippen LogP) is 1.20. The lowest BCUT2D eigenvalue weighted by atomic mass is 10.6. The number of aliphatic imine (C=N–C) groups is 1. The van der Waals surface area contributed by atoms with Gasteiger partial charge in [0.05, 0.1) is 6.61 Å². The summed E-state index contributed by atoms with van der Waals surface area (Å²) >= 11 is 0. The van der Waals surface area contributed by atoms with Crippen molar-refractivity contribution in [2.24, 2.45) is 4.99 Å². The summed E-state index contributed by atoms with van der Waals surface area (Å²) in [7, 11) is 0. The Morgan fingerprint density at radius 1 is 1.67 bits per heavy atom. The summed E-state index contributed by atoms with van der Waals surface area (Å²) in [6, 6.07) is 0. The first-order valence-electron chi connectivity index (χ1n) is 3.20. The van der Waals surface area contributed by atoms with Crippen LogP contribution in [0.25, 0.3) is 0 Å². The molecule has 4 heteroatoms. The molecule has 0 unspecified atom stereocenters. The number of hydrogen-bond acceptors (Lipinski definition) is 4. The average Bonchev–Trinajstić information content (AvgIpc) is 2.07. The lowest BCUT2D eigenvalue weighted by Crippen LogP contribution is -1.97. The molecule has 0 aromatic carbocycles. The summed E-state index contributed by atoms with van der Waals surface area (Å²) in [5, 5.41) is 0. The van der Waals surface area contributed by atoms with E-state index in [9.17, 15) is 4.79 Å². The summed E-state index contributed by atoms with van der Waals surface area (Å²) in [5.41, 5.74) is 0. The van der Waals surface area contributed by atoms with Crippen molar-refractivity contribution in [1.29, 1.82) is 0 Å². The number of hydrogen-bond donors (Lipinski definition) is 0. The van der Waals surface area contributed by atoms with Crippen molar-refractivity contribution in [2.45, 2.75) is 6.92 Å². The van der Waals surface area contributed by atoms with Crippen LogP contribution in [0.1, 0.15) is 6.92 Å². The van der Waals surface area contributed by atoms with Crippen LogP contribution in [-0.4, -0.2) is 18.7 Å². The zero-order valence-electron chi connectivity index (χ0n) is 6.95. The zero-order chi connectivity index (χ0) is 9.82. The van der Waals surface area contributed by atoms with E-state index in [0.29, 0.717) is 6.61 Å². The molecule has 0 rings (SSSR count). The Labute approximate surface area is 71.3 Å². The molecule has 0 aliphatic carbocycles. The van der Waals surface area contributed by atoms with E-state index in [2.05, 4.69) is 22.9 Å². The number of ether oxygens (including phenoxy) is 1. The molecule has 0 aliphatic rings. The number of isocyanates is 1. The average molecular weight is 169 g/mol. The summed E-state index contributed by atoms with van der Waals surface area (Å²) in [6.45, 7) is 8.50. The molecule has 0 fully saturated rings. The third-order valence-electron chi connectivity index (χ3n) is 0.597. The van der Waals surface area contributed by atoms with E-state index in [4.69, 9.17) is 4.79 Å². The molecule has 0 aliphatic heterocycles. The molecule has 4 nitrogen and oxygen atoms in total. The summed E-state index contributed by atoms with van der Waals surface area (Å²) in [6.07, 6.45) is 3.55. The van der Waals surface area contributed by atoms with Crippen LogP contribution in [-0.2, 0) is 14.3 Å². The monoisotopic (exact) mass is 169 g/mol. The van der Waals surface area contributed by atoms with Crippen LogP contribution in [0.5, 0.6) is 0 Å². The molecular weight excluding hydrogens is 158 g/mol. The molecule has 0 aromatic rings. The molecular formula is C8H11NO3. The third-order valence-corrected chi connectivity index (χ3v) is 0.597. The molecule has 12 heavy (non-hydrogen) atoms. The van der Waals surface area contributed by atoms with E-state index in [1.54, 1.807) is 6.92 Å². The first-order chi connectivity index (χ1) is 5.72. The maximum Gasteiger partial charge on any atom is 0.330 e. The zero-order valence-corrected chi connectivity index (χ0v) is 6.95. The minimum atomic E-state index is -0.359. The van der Waals surface area contributed by atoms with Crippen molar-refractivity contribution < 1.29 is 14.3 Å². The highest BCUT2D eigenvalue weighted by Crippen LogP contribution is 1.74. The summed E-state index contributed by atoms with van der Waals surface area (Å²) in [5.74, 6) is -0.359. The normalized spacial score (nSPS) is 6.42. The van der Waals surface area contributed by atoms with Crippen molar-refractivity contribution in [3.8, 4) is 0 Å². The molecule has 0 heterocycles. The van der Waals surface area contributed by atoms with Crippen molar-refractivity contribution >= 4 is 12.0 Å². The highest BCUT2D eigenvalue weighted by atomic mass is 16.5. The summed E-state index contributed by atoms with van der Waals surface area (Å²) < 4.78 is 4.43. The highest BCUT2D eigenvalue weighted by molar-refractivity contribution is 5.81. The van der Waals surface area contributed by atoms with Crippen molar-refractivity contribution in [2.75, 3.05) is 6.61 Å². The SMILES string of the molecule is C=CC(=O)OCC.C=CN=C=O. The Kier molecular flexibility index (Phi) is 13.0. The molecule has 0 saturated heterocycles. The van der Waals surface area contributed by atoms with Gasteiger partial charge in [0, 0.05) is 12.3 Å². The molecule has 66 valence electrons. The Hall–Kier alpha value is -1.67. The standard InChI is InChI=1S/C5H8O2.C3H3NO/c1-3-5(6)7-4-2;1-2-4-3-5/h3H,1,4H2,2H3;2H,1H2. The van der Waals surface area contributed by atoms with Crippen molar-refractivity contribution in [3.05, 3.63) is 25.4 Å². The Morgan fingerprint density at radius 2 is 2.25 bits per heavy atom. The van der Waals surface area contributed by atoms with E-state index in [1.807, 2.05) is 0 Å². The molecule has 0 amide bonds. The van der Waals surface area contributed by atoms with Gasteiger partial charge in [0.25, 0.3) is 0 Å². The smallest absolute Gasteiger partial charge is 0.330 e. The topological polar surface area (TPSA) is 55.7 Å². The van der Waals surface area contributed by atoms with Crippen LogP contribution < -0.4 is 0 Å².